The molecule has 0 fully saturated rings. The number of aromatic nitrogens is 3. The highest BCUT2D eigenvalue weighted by atomic mass is 32.1. The normalized spacial score (nSPS) is 11.0. The lowest BCUT2D eigenvalue weighted by Gasteiger charge is -2.15. The van der Waals surface area contributed by atoms with Crippen molar-refractivity contribution in [3.63, 3.8) is 0 Å². The smallest absolute Gasteiger partial charge is 0.253 e. The van der Waals surface area contributed by atoms with E-state index in [-0.39, 0.29) is 18.2 Å². The van der Waals surface area contributed by atoms with E-state index in [1.165, 1.54) is 0 Å². The topological polar surface area (TPSA) is 127 Å². The molecular formula is C21H21N5O4S. The summed E-state index contributed by atoms with van der Waals surface area (Å²) >= 11 is 5.40. The van der Waals surface area contributed by atoms with Crippen LogP contribution in [0.25, 0.3) is 21.8 Å². The first-order chi connectivity index (χ1) is 14.9. The van der Waals surface area contributed by atoms with Crippen LogP contribution in [-0.2, 0) is 6.54 Å². The number of aromatic amines is 1. The van der Waals surface area contributed by atoms with Crippen molar-refractivity contribution in [1.29, 1.82) is 0 Å². The minimum atomic E-state index is -0.276. The quantitative estimate of drug-likeness (QED) is 0.340. The van der Waals surface area contributed by atoms with Gasteiger partial charge < -0.3 is 35.2 Å². The van der Waals surface area contributed by atoms with Crippen LogP contribution in [0.5, 0.6) is 17.2 Å². The van der Waals surface area contributed by atoms with Gasteiger partial charge in [0.05, 0.1) is 30.8 Å². The van der Waals surface area contributed by atoms with Crippen molar-refractivity contribution in [1.82, 2.24) is 19.9 Å². The first-order valence-electron chi connectivity index (χ1n) is 9.44. The fourth-order valence-electron chi connectivity index (χ4n) is 3.50. The van der Waals surface area contributed by atoms with Gasteiger partial charge in [0.25, 0.3) is 5.91 Å². The molecule has 2 heterocycles. The fourth-order valence-corrected chi connectivity index (χ4v) is 3.78. The highest BCUT2D eigenvalue weighted by molar-refractivity contribution is 7.71. The van der Waals surface area contributed by atoms with Crippen LogP contribution in [0.3, 0.4) is 0 Å². The van der Waals surface area contributed by atoms with E-state index >= 15 is 0 Å². The summed E-state index contributed by atoms with van der Waals surface area (Å²) in [6.45, 7) is 0.616. The van der Waals surface area contributed by atoms with Crippen molar-refractivity contribution in [2.45, 2.75) is 6.54 Å². The molecule has 160 valence electrons. The number of anilines is 1. The van der Waals surface area contributed by atoms with Gasteiger partial charge in [-0.25, -0.2) is 4.98 Å². The predicted molar refractivity (Wildman–Crippen MR) is 120 cm³/mol. The van der Waals surface area contributed by atoms with Gasteiger partial charge in [0.2, 0.25) is 4.77 Å². The number of ether oxygens (including phenoxy) is 2. The number of hydrogen-bond acceptors (Lipinski definition) is 7. The SMILES string of the molecule is COc1cc2nc(=S)n(CCNC(=O)c3c[nH]c4c(O)cccc34)c(N)c2cc1OC. The zero-order valence-corrected chi connectivity index (χ0v) is 17.7. The van der Waals surface area contributed by atoms with Crippen LogP contribution in [0, 0.1) is 4.77 Å². The number of phenols is 1. The molecule has 0 bridgehead atoms. The molecule has 31 heavy (non-hydrogen) atoms. The largest absolute Gasteiger partial charge is 0.506 e. The second-order valence-corrected chi connectivity index (χ2v) is 7.18. The molecule has 0 spiro atoms. The van der Waals surface area contributed by atoms with Crippen LogP contribution in [0.2, 0.25) is 0 Å². The number of nitrogen functional groups attached to an aromatic ring is 1. The summed E-state index contributed by atoms with van der Waals surface area (Å²) in [5.41, 5.74) is 7.90. The molecule has 9 nitrogen and oxygen atoms in total. The third-order valence-corrected chi connectivity index (χ3v) is 5.39. The van der Waals surface area contributed by atoms with Gasteiger partial charge in [-0.1, -0.05) is 12.1 Å². The van der Waals surface area contributed by atoms with Gasteiger partial charge in [0, 0.05) is 36.1 Å². The Morgan fingerprint density at radius 3 is 2.74 bits per heavy atom. The van der Waals surface area contributed by atoms with Crippen LogP contribution >= 0.6 is 12.2 Å². The van der Waals surface area contributed by atoms with Gasteiger partial charge in [-0.3, -0.25) is 4.79 Å². The summed E-state index contributed by atoms with van der Waals surface area (Å²) in [7, 11) is 3.09. The van der Waals surface area contributed by atoms with Crippen LogP contribution in [0.1, 0.15) is 10.4 Å². The van der Waals surface area contributed by atoms with Crippen molar-refractivity contribution in [3.8, 4) is 17.2 Å². The predicted octanol–water partition coefficient (Wildman–Crippen LogP) is 2.98. The van der Waals surface area contributed by atoms with Crippen molar-refractivity contribution in [3.05, 3.63) is 46.9 Å². The fraction of sp³-hybridized carbons (Fsp3) is 0.190. The van der Waals surface area contributed by atoms with Crippen LogP contribution < -0.4 is 20.5 Å². The molecule has 0 atom stereocenters. The maximum atomic E-state index is 12.6. The first-order valence-corrected chi connectivity index (χ1v) is 9.84. The van der Waals surface area contributed by atoms with Crippen LogP contribution in [0.4, 0.5) is 5.82 Å². The third kappa shape index (κ3) is 3.61. The minimum absolute atomic E-state index is 0.0879. The summed E-state index contributed by atoms with van der Waals surface area (Å²) in [6, 6.07) is 8.48. The highest BCUT2D eigenvalue weighted by Crippen LogP contribution is 2.33. The third-order valence-electron chi connectivity index (χ3n) is 5.07. The number of benzene rings is 2. The summed E-state index contributed by atoms with van der Waals surface area (Å²) in [4.78, 5) is 20.0. The number of aromatic hydroxyl groups is 1. The molecule has 4 aromatic rings. The van der Waals surface area contributed by atoms with Gasteiger partial charge in [-0.05, 0) is 24.4 Å². The summed E-state index contributed by atoms with van der Waals surface area (Å²) in [5, 5.41) is 14.1. The zero-order chi connectivity index (χ0) is 22.1. The molecule has 2 aromatic carbocycles. The number of para-hydroxylation sites is 1. The maximum Gasteiger partial charge on any atom is 0.253 e. The zero-order valence-electron chi connectivity index (χ0n) is 16.9. The number of phenolic OH excluding ortho intramolecular Hbond substituents is 1. The van der Waals surface area contributed by atoms with Gasteiger partial charge in [0.15, 0.2) is 11.5 Å². The maximum absolute atomic E-state index is 12.6. The summed E-state index contributed by atoms with van der Waals surface area (Å²) in [6.07, 6.45) is 1.57. The van der Waals surface area contributed by atoms with E-state index < -0.39 is 0 Å². The Balaban J connectivity index is 1.56. The Labute approximate surface area is 182 Å². The first kappa shape index (κ1) is 20.5. The van der Waals surface area contributed by atoms with Crippen molar-refractivity contribution < 1.29 is 19.4 Å². The van der Waals surface area contributed by atoms with E-state index in [4.69, 9.17) is 27.4 Å². The molecule has 0 unspecified atom stereocenters. The Hall–Kier alpha value is -3.79. The highest BCUT2D eigenvalue weighted by Gasteiger charge is 2.15. The Morgan fingerprint density at radius 2 is 2.00 bits per heavy atom. The number of carbonyl (C=O) groups excluding carboxylic acids is 1. The number of amides is 1. The van der Waals surface area contributed by atoms with Crippen LogP contribution in [0.15, 0.2) is 36.5 Å². The van der Waals surface area contributed by atoms with Crippen molar-refractivity contribution in [2.24, 2.45) is 0 Å². The van der Waals surface area contributed by atoms with E-state index in [9.17, 15) is 9.90 Å². The molecule has 5 N–H and O–H groups in total. The number of nitrogens with one attached hydrogen (secondary N) is 2. The Kier molecular flexibility index (Phi) is 5.38. The molecule has 0 aliphatic heterocycles. The molecule has 0 radical (unpaired) electrons. The standard InChI is InChI=1S/C21H21N5O4S/c1-29-16-8-12-14(9-17(16)30-2)25-21(31)26(19(12)22)7-6-23-20(28)13-10-24-18-11(13)4-3-5-15(18)27/h3-5,8-10,24,27H,6-7,22H2,1-2H3,(H,23,28). The van der Waals surface area contributed by atoms with Crippen molar-refractivity contribution >= 4 is 45.7 Å². The Bertz CT molecular complexity index is 1360. The van der Waals surface area contributed by atoms with E-state index in [2.05, 4.69) is 15.3 Å². The molecule has 0 saturated carbocycles. The summed E-state index contributed by atoms with van der Waals surface area (Å²) in [5.74, 6) is 1.29. The lowest BCUT2D eigenvalue weighted by Crippen LogP contribution is -2.28. The second kappa shape index (κ2) is 8.15. The minimum Gasteiger partial charge on any atom is -0.506 e. The number of H-pyrrole nitrogens is 1. The molecule has 0 aliphatic rings. The molecular weight excluding hydrogens is 418 g/mol. The monoisotopic (exact) mass is 439 g/mol. The van der Waals surface area contributed by atoms with Gasteiger partial charge in [0.1, 0.15) is 11.6 Å². The molecule has 0 aliphatic carbocycles. The second-order valence-electron chi connectivity index (χ2n) is 6.81. The van der Waals surface area contributed by atoms with Crippen molar-refractivity contribution in [2.75, 3.05) is 26.5 Å². The lowest BCUT2D eigenvalue weighted by atomic mass is 10.1. The number of rotatable bonds is 6. The Morgan fingerprint density at radius 1 is 1.26 bits per heavy atom. The number of carbonyl (C=O) groups is 1. The average Bonchev–Trinajstić information content (AvgIpc) is 3.20. The van der Waals surface area contributed by atoms with Gasteiger partial charge in [-0.2, -0.15) is 0 Å². The van der Waals surface area contributed by atoms with E-state index in [0.29, 0.717) is 56.0 Å². The number of hydrogen-bond donors (Lipinski definition) is 4. The average molecular weight is 439 g/mol. The molecule has 4 rings (SSSR count). The van der Waals surface area contributed by atoms with E-state index in [0.717, 1.165) is 0 Å². The number of nitrogens with zero attached hydrogens (tertiary/aromatic N) is 2. The summed E-state index contributed by atoms with van der Waals surface area (Å²) < 4.78 is 12.6. The molecule has 2 aromatic heterocycles. The lowest BCUT2D eigenvalue weighted by molar-refractivity contribution is 0.0954. The number of fused-ring (bicyclic) bond motifs is 2. The van der Waals surface area contributed by atoms with Gasteiger partial charge in [-0.15, -0.1) is 0 Å². The number of nitrogens with two attached hydrogens (primary N) is 1. The van der Waals surface area contributed by atoms with Crippen LogP contribution in [-0.4, -0.2) is 46.3 Å². The number of methoxy groups -OCH3 is 2. The van der Waals surface area contributed by atoms with E-state index in [1.54, 1.807) is 55.3 Å². The molecule has 0 saturated heterocycles. The molecule has 1 amide bonds. The molecule has 10 heteroatoms. The van der Waals surface area contributed by atoms with E-state index in [1.807, 2.05) is 0 Å². The van der Waals surface area contributed by atoms with Gasteiger partial charge >= 0.3 is 0 Å².